The van der Waals surface area contributed by atoms with Crippen LogP contribution in [-0.4, -0.2) is 32.2 Å². The lowest BCUT2D eigenvalue weighted by Crippen LogP contribution is -2.17. The van der Waals surface area contributed by atoms with E-state index in [0.717, 1.165) is 18.2 Å². The molecule has 146 valence electrons. The molecule has 6 nitrogen and oxygen atoms in total. The van der Waals surface area contributed by atoms with Crippen molar-refractivity contribution in [1.82, 2.24) is 14.8 Å². The summed E-state index contributed by atoms with van der Waals surface area (Å²) >= 11 is 0. The lowest BCUT2D eigenvalue weighted by atomic mass is 10.1. The molecular weight excluding hydrogens is 382 g/mol. The number of carbonyl (C=O) groups is 1. The second kappa shape index (κ2) is 7.67. The van der Waals surface area contributed by atoms with Gasteiger partial charge in [-0.15, -0.1) is 13.2 Å². The Morgan fingerprint density at radius 3 is 2.43 bits per heavy atom. The Morgan fingerprint density at radius 2 is 1.82 bits per heavy atom. The van der Waals surface area contributed by atoms with Gasteiger partial charge in [0, 0.05) is 6.42 Å². The van der Waals surface area contributed by atoms with Crippen LogP contribution in [0.2, 0.25) is 0 Å². The number of benzene rings is 2. The van der Waals surface area contributed by atoms with Gasteiger partial charge in [0.2, 0.25) is 0 Å². The molecule has 0 saturated carbocycles. The van der Waals surface area contributed by atoms with E-state index < -0.39 is 23.7 Å². The number of alkyl halides is 3. The first-order chi connectivity index (χ1) is 13.2. The van der Waals surface area contributed by atoms with E-state index in [1.54, 1.807) is 0 Å². The number of carboxylic acid groups (broad SMARTS) is 1. The van der Waals surface area contributed by atoms with Gasteiger partial charge in [-0.2, -0.15) is 5.10 Å². The molecule has 0 radical (unpaired) electrons. The maximum atomic E-state index is 13.7. The Morgan fingerprint density at radius 1 is 1.11 bits per heavy atom. The highest BCUT2D eigenvalue weighted by Gasteiger charge is 2.31. The number of aryl methyl sites for hydroxylation is 2. The van der Waals surface area contributed by atoms with Crippen LogP contribution in [0.5, 0.6) is 5.75 Å². The fraction of sp³-hybridized carbons (Fsp3) is 0.167. The molecule has 3 aromatic rings. The zero-order chi connectivity index (χ0) is 20.3. The molecule has 0 aliphatic rings. The summed E-state index contributed by atoms with van der Waals surface area (Å²) in [6.45, 7) is 0. The predicted octanol–water partition coefficient (Wildman–Crippen LogP) is 3.79. The van der Waals surface area contributed by atoms with Crippen LogP contribution in [0, 0.1) is 5.82 Å². The van der Waals surface area contributed by atoms with Crippen LogP contribution < -0.4 is 4.74 Å². The molecule has 28 heavy (non-hydrogen) atoms. The van der Waals surface area contributed by atoms with E-state index in [4.69, 9.17) is 5.11 Å². The van der Waals surface area contributed by atoms with Gasteiger partial charge in [0.25, 0.3) is 0 Å². The third-order valence-electron chi connectivity index (χ3n) is 3.78. The van der Waals surface area contributed by atoms with Gasteiger partial charge in [-0.1, -0.05) is 6.07 Å². The molecule has 0 saturated heterocycles. The maximum absolute atomic E-state index is 13.7. The van der Waals surface area contributed by atoms with Crippen molar-refractivity contribution in [2.24, 2.45) is 0 Å². The van der Waals surface area contributed by atoms with Crippen LogP contribution in [0.1, 0.15) is 21.7 Å². The molecule has 0 amide bonds. The molecule has 0 fully saturated rings. The Balaban J connectivity index is 1.64. The minimum Gasteiger partial charge on any atom is -0.478 e. The number of nitrogens with zero attached hydrogens (tertiary/aromatic N) is 3. The first kappa shape index (κ1) is 19.3. The van der Waals surface area contributed by atoms with Gasteiger partial charge in [-0.05, 0) is 48.4 Å². The standard InChI is InChI=1S/C18H13F4N3O3/c19-15-9-11(1-7-14(15)17(26)27)2-8-16-23-10-25(24-16)12-3-5-13(6-4-12)28-18(20,21)22/h1,3-7,9-10H,2,8H2,(H,26,27). The number of rotatable bonds is 6. The highest BCUT2D eigenvalue weighted by Crippen LogP contribution is 2.23. The summed E-state index contributed by atoms with van der Waals surface area (Å²) in [5.74, 6) is -2.05. The van der Waals surface area contributed by atoms with Gasteiger partial charge >= 0.3 is 12.3 Å². The normalized spacial score (nSPS) is 11.4. The smallest absolute Gasteiger partial charge is 0.478 e. The van der Waals surface area contributed by atoms with Crippen molar-refractivity contribution in [3.63, 3.8) is 0 Å². The molecule has 0 atom stereocenters. The Bertz CT molecular complexity index is 984. The fourth-order valence-electron chi connectivity index (χ4n) is 2.48. The average molecular weight is 395 g/mol. The van der Waals surface area contributed by atoms with Crippen LogP contribution in [-0.2, 0) is 12.8 Å². The highest BCUT2D eigenvalue weighted by molar-refractivity contribution is 5.87. The fourth-order valence-corrected chi connectivity index (χ4v) is 2.48. The molecule has 1 N–H and O–H groups in total. The van der Waals surface area contributed by atoms with Crippen molar-refractivity contribution in [3.8, 4) is 11.4 Å². The van der Waals surface area contributed by atoms with Crippen LogP contribution in [0.4, 0.5) is 17.6 Å². The largest absolute Gasteiger partial charge is 0.573 e. The van der Waals surface area contributed by atoms with Crippen LogP contribution >= 0.6 is 0 Å². The third-order valence-corrected chi connectivity index (χ3v) is 3.78. The molecule has 0 aliphatic carbocycles. The molecule has 2 aromatic carbocycles. The van der Waals surface area contributed by atoms with Crippen molar-refractivity contribution < 1.29 is 32.2 Å². The number of carboxylic acids is 1. The first-order valence-corrected chi connectivity index (χ1v) is 8.00. The van der Waals surface area contributed by atoms with Crippen molar-refractivity contribution in [2.75, 3.05) is 0 Å². The Labute approximate surface area is 156 Å². The summed E-state index contributed by atoms with van der Waals surface area (Å²) < 4.78 is 55.4. The number of ether oxygens (including phenoxy) is 1. The lowest BCUT2D eigenvalue weighted by molar-refractivity contribution is -0.274. The minimum absolute atomic E-state index is 0.344. The summed E-state index contributed by atoms with van der Waals surface area (Å²) in [5, 5.41) is 13.0. The number of aromatic carboxylic acids is 1. The lowest BCUT2D eigenvalue weighted by Gasteiger charge is -2.09. The number of hydrogen-bond donors (Lipinski definition) is 1. The maximum Gasteiger partial charge on any atom is 0.573 e. The molecule has 10 heteroatoms. The molecule has 0 unspecified atom stereocenters. The van der Waals surface area contributed by atoms with Gasteiger partial charge in [0.1, 0.15) is 17.9 Å². The van der Waals surface area contributed by atoms with Gasteiger partial charge in [-0.3, -0.25) is 0 Å². The molecular formula is C18H13F4N3O3. The minimum atomic E-state index is -4.76. The van der Waals surface area contributed by atoms with E-state index in [-0.39, 0.29) is 5.75 Å². The van der Waals surface area contributed by atoms with Crippen molar-refractivity contribution in [1.29, 1.82) is 0 Å². The van der Waals surface area contributed by atoms with Crippen LogP contribution in [0.25, 0.3) is 5.69 Å². The van der Waals surface area contributed by atoms with Gasteiger partial charge < -0.3 is 9.84 Å². The molecule has 0 bridgehead atoms. The van der Waals surface area contributed by atoms with Crippen LogP contribution in [0.15, 0.2) is 48.8 Å². The summed E-state index contributed by atoms with van der Waals surface area (Å²) in [4.78, 5) is 14.9. The van der Waals surface area contributed by atoms with E-state index >= 15 is 0 Å². The van der Waals surface area contributed by atoms with Crippen molar-refractivity contribution >= 4 is 5.97 Å². The molecule has 1 aromatic heterocycles. The molecule has 0 aliphatic heterocycles. The van der Waals surface area contributed by atoms with Crippen molar-refractivity contribution in [2.45, 2.75) is 19.2 Å². The average Bonchev–Trinajstić information content (AvgIpc) is 3.08. The van der Waals surface area contributed by atoms with E-state index in [9.17, 15) is 22.4 Å². The summed E-state index contributed by atoms with van der Waals surface area (Å²) in [5.41, 5.74) is 0.682. The van der Waals surface area contributed by atoms with Crippen LogP contribution in [0.3, 0.4) is 0 Å². The topological polar surface area (TPSA) is 77.2 Å². The molecule has 1 heterocycles. The molecule has 0 spiro atoms. The van der Waals surface area contributed by atoms with Crippen molar-refractivity contribution in [3.05, 3.63) is 71.6 Å². The third kappa shape index (κ3) is 4.84. The van der Waals surface area contributed by atoms with Gasteiger partial charge in [0.05, 0.1) is 11.3 Å². The summed E-state index contributed by atoms with van der Waals surface area (Å²) in [6, 6.07) is 9.00. The van der Waals surface area contributed by atoms with E-state index in [1.165, 1.54) is 35.3 Å². The zero-order valence-corrected chi connectivity index (χ0v) is 14.2. The van der Waals surface area contributed by atoms with Gasteiger partial charge in [-0.25, -0.2) is 18.9 Å². The first-order valence-electron chi connectivity index (χ1n) is 8.00. The Hall–Kier alpha value is -3.43. The number of aromatic nitrogens is 3. The Kier molecular flexibility index (Phi) is 5.30. The quantitative estimate of drug-likeness (QED) is 0.643. The number of halogens is 4. The summed E-state index contributed by atoms with van der Waals surface area (Å²) in [6.07, 6.45) is -2.60. The predicted molar refractivity (Wildman–Crippen MR) is 88.8 cm³/mol. The number of hydrogen-bond acceptors (Lipinski definition) is 4. The van der Waals surface area contributed by atoms with E-state index in [2.05, 4.69) is 14.8 Å². The van der Waals surface area contributed by atoms with E-state index in [0.29, 0.717) is 29.9 Å². The molecule has 3 rings (SSSR count). The second-order valence-corrected chi connectivity index (χ2v) is 5.77. The van der Waals surface area contributed by atoms with Gasteiger partial charge in [0.15, 0.2) is 5.82 Å². The second-order valence-electron chi connectivity index (χ2n) is 5.77. The van der Waals surface area contributed by atoms with E-state index in [1.807, 2.05) is 0 Å². The highest BCUT2D eigenvalue weighted by atomic mass is 19.4. The SMILES string of the molecule is O=C(O)c1ccc(CCc2ncn(-c3ccc(OC(F)(F)F)cc3)n2)cc1F. The summed E-state index contributed by atoms with van der Waals surface area (Å²) in [7, 11) is 0. The monoisotopic (exact) mass is 395 g/mol. The zero-order valence-electron chi connectivity index (χ0n) is 14.2.